The van der Waals surface area contributed by atoms with Gasteiger partial charge in [0.1, 0.15) is 0 Å². The van der Waals surface area contributed by atoms with Crippen LogP contribution in [0.1, 0.15) is 53.4 Å². The molecule has 0 rings (SSSR count). The molecule has 0 aliphatic heterocycles. The molecule has 0 fully saturated rings. The van der Waals surface area contributed by atoms with Crippen LogP contribution in [0.5, 0.6) is 0 Å². The fourth-order valence-corrected chi connectivity index (χ4v) is 1.96. The maximum absolute atomic E-state index is 4.34. The van der Waals surface area contributed by atoms with E-state index in [0.29, 0.717) is 0 Å². The van der Waals surface area contributed by atoms with Crippen molar-refractivity contribution < 1.29 is 0 Å². The van der Waals surface area contributed by atoms with Crippen LogP contribution in [-0.2, 0) is 0 Å². The van der Waals surface area contributed by atoms with E-state index in [0.717, 1.165) is 23.5 Å². The summed E-state index contributed by atoms with van der Waals surface area (Å²) < 4.78 is 0. The third-order valence-corrected chi connectivity index (χ3v) is 3.68. The van der Waals surface area contributed by atoms with E-state index in [1.807, 2.05) is 0 Å². The predicted octanol–water partition coefficient (Wildman–Crippen LogP) is 4.40. The summed E-state index contributed by atoms with van der Waals surface area (Å²) in [6.45, 7) is 9.29. The lowest BCUT2D eigenvalue weighted by molar-refractivity contribution is 0.322. The fraction of sp³-hybridized carbons (Fsp3) is 1.00. The summed E-state index contributed by atoms with van der Waals surface area (Å²) in [5, 5.41) is 0. The van der Waals surface area contributed by atoms with Gasteiger partial charge >= 0.3 is 0 Å². The van der Waals surface area contributed by atoms with Gasteiger partial charge in [0.2, 0.25) is 0 Å². The largest absolute Gasteiger partial charge is 0.179 e. The highest BCUT2D eigenvalue weighted by Crippen LogP contribution is 2.24. The molecule has 0 aliphatic rings. The van der Waals surface area contributed by atoms with Gasteiger partial charge in [0.05, 0.1) is 0 Å². The molecule has 3 atom stereocenters. The highest BCUT2D eigenvalue weighted by Gasteiger charge is 2.13. The van der Waals surface area contributed by atoms with Gasteiger partial charge in [-0.25, -0.2) is 0 Å². The zero-order valence-corrected chi connectivity index (χ0v) is 10.6. The second kappa shape index (κ2) is 7.73. The van der Waals surface area contributed by atoms with Gasteiger partial charge in [-0.1, -0.05) is 40.5 Å². The minimum absolute atomic E-state index is 0.789. The molecule has 0 aliphatic carbocycles. The molecule has 0 aromatic carbocycles. The van der Waals surface area contributed by atoms with E-state index in [-0.39, 0.29) is 0 Å². The molecule has 0 heterocycles. The van der Waals surface area contributed by atoms with E-state index in [9.17, 15) is 0 Å². The highest BCUT2D eigenvalue weighted by atomic mass is 32.1. The first kappa shape index (κ1) is 13.4. The summed E-state index contributed by atoms with van der Waals surface area (Å²) in [7, 11) is 0. The first-order valence-corrected chi connectivity index (χ1v) is 6.38. The molecule has 0 saturated carbocycles. The Morgan fingerprint density at radius 3 is 1.85 bits per heavy atom. The second-order valence-electron chi connectivity index (χ2n) is 4.55. The normalized spacial score (nSPS) is 18.2. The third kappa shape index (κ3) is 6.42. The molecule has 0 aromatic rings. The Labute approximate surface area is 89.9 Å². The summed E-state index contributed by atoms with van der Waals surface area (Å²) in [6.07, 6.45) is 5.43. The van der Waals surface area contributed by atoms with Gasteiger partial charge in [-0.05, 0) is 36.3 Å². The van der Waals surface area contributed by atoms with Crippen molar-refractivity contribution in [2.75, 3.05) is 5.75 Å². The quantitative estimate of drug-likeness (QED) is 0.581. The summed E-state index contributed by atoms with van der Waals surface area (Å²) in [6, 6.07) is 0. The molecule has 13 heavy (non-hydrogen) atoms. The third-order valence-electron chi connectivity index (χ3n) is 3.06. The molecule has 0 bridgehead atoms. The predicted molar refractivity (Wildman–Crippen MR) is 65.5 cm³/mol. The smallest absolute Gasteiger partial charge is 0.00720 e. The molecule has 80 valence electrons. The van der Waals surface area contributed by atoms with Crippen molar-refractivity contribution in [1.82, 2.24) is 0 Å². The summed E-state index contributed by atoms with van der Waals surface area (Å²) in [5.41, 5.74) is 0. The van der Waals surface area contributed by atoms with E-state index in [4.69, 9.17) is 0 Å². The molecule has 0 nitrogen and oxygen atoms in total. The van der Waals surface area contributed by atoms with Gasteiger partial charge in [0, 0.05) is 0 Å². The van der Waals surface area contributed by atoms with E-state index >= 15 is 0 Å². The lowest BCUT2D eigenvalue weighted by Gasteiger charge is -2.21. The zero-order valence-electron chi connectivity index (χ0n) is 9.71. The molecule has 0 aromatic heterocycles. The van der Waals surface area contributed by atoms with Crippen LogP contribution in [0.15, 0.2) is 0 Å². The Balaban J connectivity index is 3.74. The molecular weight excluding hydrogens is 176 g/mol. The Bertz CT molecular complexity index is 99.7. The minimum atomic E-state index is 0.789. The van der Waals surface area contributed by atoms with E-state index in [1.165, 1.54) is 25.7 Å². The summed E-state index contributed by atoms with van der Waals surface area (Å²) in [5.74, 6) is 3.66. The first-order valence-electron chi connectivity index (χ1n) is 5.74. The van der Waals surface area contributed by atoms with Crippen molar-refractivity contribution in [2.24, 2.45) is 17.8 Å². The Kier molecular flexibility index (Phi) is 7.93. The van der Waals surface area contributed by atoms with Gasteiger partial charge in [-0.15, -0.1) is 0 Å². The van der Waals surface area contributed by atoms with Crippen LogP contribution >= 0.6 is 12.6 Å². The van der Waals surface area contributed by atoms with E-state index < -0.39 is 0 Å². The molecule has 0 saturated heterocycles. The molecule has 0 spiro atoms. The standard InChI is InChI=1S/C12H26S/c1-5-10(3)7-12(6-2)8-11(4)9-13/h10-13H,5-9H2,1-4H3. The lowest BCUT2D eigenvalue weighted by atomic mass is 9.86. The van der Waals surface area contributed by atoms with Crippen molar-refractivity contribution in [3.8, 4) is 0 Å². The molecule has 1 heteroatoms. The van der Waals surface area contributed by atoms with Crippen LogP contribution in [0.3, 0.4) is 0 Å². The van der Waals surface area contributed by atoms with Crippen molar-refractivity contribution >= 4 is 12.6 Å². The Morgan fingerprint density at radius 1 is 0.923 bits per heavy atom. The Hall–Kier alpha value is 0.350. The van der Waals surface area contributed by atoms with Gasteiger partial charge < -0.3 is 0 Å². The van der Waals surface area contributed by atoms with Crippen molar-refractivity contribution in [1.29, 1.82) is 0 Å². The van der Waals surface area contributed by atoms with Gasteiger partial charge in [0.15, 0.2) is 0 Å². The van der Waals surface area contributed by atoms with E-state index in [1.54, 1.807) is 0 Å². The molecular formula is C12H26S. The highest BCUT2D eigenvalue weighted by molar-refractivity contribution is 7.80. The molecule has 0 amide bonds. The van der Waals surface area contributed by atoms with Gasteiger partial charge in [-0.3, -0.25) is 0 Å². The minimum Gasteiger partial charge on any atom is -0.179 e. The van der Waals surface area contributed by atoms with Crippen LogP contribution in [0.4, 0.5) is 0 Å². The van der Waals surface area contributed by atoms with Gasteiger partial charge in [0.25, 0.3) is 0 Å². The second-order valence-corrected chi connectivity index (χ2v) is 4.91. The Morgan fingerprint density at radius 2 is 1.46 bits per heavy atom. The topological polar surface area (TPSA) is 0 Å². The average Bonchev–Trinajstić information content (AvgIpc) is 2.16. The number of hydrogen-bond acceptors (Lipinski definition) is 1. The average molecular weight is 202 g/mol. The van der Waals surface area contributed by atoms with Crippen LogP contribution in [0, 0.1) is 17.8 Å². The molecule has 3 unspecified atom stereocenters. The lowest BCUT2D eigenvalue weighted by Crippen LogP contribution is -2.10. The molecule has 0 N–H and O–H groups in total. The van der Waals surface area contributed by atoms with E-state index in [2.05, 4.69) is 40.3 Å². The number of rotatable bonds is 7. The SMILES string of the molecule is CCC(C)CC(CC)CC(C)CS. The summed E-state index contributed by atoms with van der Waals surface area (Å²) in [4.78, 5) is 0. The van der Waals surface area contributed by atoms with Crippen LogP contribution in [0.25, 0.3) is 0 Å². The maximum Gasteiger partial charge on any atom is -0.00720 e. The monoisotopic (exact) mass is 202 g/mol. The summed E-state index contributed by atoms with van der Waals surface area (Å²) >= 11 is 4.34. The maximum atomic E-state index is 4.34. The number of thiol groups is 1. The van der Waals surface area contributed by atoms with Crippen LogP contribution in [-0.4, -0.2) is 5.75 Å². The van der Waals surface area contributed by atoms with Crippen molar-refractivity contribution in [2.45, 2.75) is 53.4 Å². The first-order chi connectivity index (χ1) is 6.13. The fourth-order valence-electron chi connectivity index (χ4n) is 1.81. The van der Waals surface area contributed by atoms with Crippen molar-refractivity contribution in [3.05, 3.63) is 0 Å². The molecule has 0 radical (unpaired) electrons. The van der Waals surface area contributed by atoms with Gasteiger partial charge in [-0.2, -0.15) is 12.6 Å². The van der Waals surface area contributed by atoms with Crippen LogP contribution < -0.4 is 0 Å². The van der Waals surface area contributed by atoms with Crippen LogP contribution in [0.2, 0.25) is 0 Å². The van der Waals surface area contributed by atoms with Crippen molar-refractivity contribution in [3.63, 3.8) is 0 Å². The number of hydrogen-bond donors (Lipinski definition) is 1. The zero-order chi connectivity index (χ0) is 10.3.